The maximum Gasteiger partial charge on any atom is 0.321 e. The van der Waals surface area contributed by atoms with Gasteiger partial charge in [0, 0.05) is 42.9 Å². The quantitative estimate of drug-likeness (QED) is 0.738. The number of urea groups is 1. The number of nitrogens with zero attached hydrogens (tertiary/aromatic N) is 1. The van der Waals surface area contributed by atoms with Gasteiger partial charge in [0.2, 0.25) is 5.91 Å². The summed E-state index contributed by atoms with van der Waals surface area (Å²) < 4.78 is 0. The van der Waals surface area contributed by atoms with E-state index in [0.29, 0.717) is 16.9 Å². The summed E-state index contributed by atoms with van der Waals surface area (Å²) in [6.07, 6.45) is 2.33. The fraction of sp³-hybridized carbons (Fsp3) is 0.318. The number of hydrogen-bond donors (Lipinski definition) is 2. The minimum atomic E-state index is -0.233. The van der Waals surface area contributed by atoms with Crippen LogP contribution in [0.15, 0.2) is 48.5 Å². The monoisotopic (exact) mass is 379 g/mol. The summed E-state index contributed by atoms with van der Waals surface area (Å²) in [4.78, 5) is 38.3. The number of Topliss-reactive ketones (excluding diaryl/α,β-unsaturated/α-hetero) is 1. The molecule has 6 heteroatoms. The molecule has 6 nitrogen and oxygen atoms in total. The van der Waals surface area contributed by atoms with E-state index >= 15 is 0 Å². The van der Waals surface area contributed by atoms with Gasteiger partial charge in [0.25, 0.3) is 0 Å². The summed E-state index contributed by atoms with van der Waals surface area (Å²) in [7, 11) is 0. The van der Waals surface area contributed by atoms with E-state index in [0.717, 1.165) is 31.5 Å². The van der Waals surface area contributed by atoms with Crippen LogP contribution in [0.3, 0.4) is 0 Å². The van der Waals surface area contributed by atoms with E-state index in [1.165, 1.54) is 0 Å². The highest BCUT2D eigenvalue weighted by molar-refractivity contribution is 6.00. The standard InChI is InChI=1S/C22H25N3O3/c1-16-7-9-17(10-8-16)20(26)11-12-21(27)23-18-5-4-6-19(15-18)24-22(28)25-13-2-3-14-25/h4-10,15H,2-3,11-14H2,1H3,(H,23,27)(H,24,28). The van der Waals surface area contributed by atoms with Gasteiger partial charge in [-0.25, -0.2) is 4.79 Å². The Kier molecular flexibility index (Phi) is 6.42. The van der Waals surface area contributed by atoms with Gasteiger partial charge in [-0.15, -0.1) is 0 Å². The number of carbonyl (C=O) groups is 3. The number of anilines is 2. The predicted octanol–water partition coefficient (Wildman–Crippen LogP) is 4.22. The minimum absolute atomic E-state index is 0.0539. The van der Waals surface area contributed by atoms with Gasteiger partial charge in [-0.3, -0.25) is 9.59 Å². The zero-order valence-electron chi connectivity index (χ0n) is 16.0. The Bertz CT molecular complexity index is 856. The van der Waals surface area contributed by atoms with Crippen LogP contribution in [-0.2, 0) is 4.79 Å². The molecule has 0 aromatic heterocycles. The molecule has 0 radical (unpaired) electrons. The average Bonchev–Trinajstić information content (AvgIpc) is 3.22. The molecule has 3 amide bonds. The van der Waals surface area contributed by atoms with Crippen LogP contribution in [0.25, 0.3) is 0 Å². The van der Waals surface area contributed by atoms with E-state index in [1.54, 1.807) is 41.3 Å². The number of rotatable bonds is 6. The van der Waals surface area contributed by atoms with Crippen molar-refractivity contribution >= 4 is 29.1 Å². The number of nitrogens with one attached hydrogen (secondary N) is 2. The molecule has 0 saturated carbocycles. The number of aryl methyl sites for hydroxylation is 1. The molecule has 146 valence electrons. The molecule has 3 rings (SSSR count). The molecule has 0 atom stereocenters. The first-order valence-electron chi connectivity index (χ1n) is 9.57. The van der Waals surface area contributed by atoms with Gasteiger partial charge >= 0.3 is 6.03 Å². The lowest BCUT2D eigenvalue weighted by Crippen LogP contribution is -2.32. The van der Waals surface area contributed by atoms with Crippen LogP contribution < -0.4 is 10.6 Å². The van der Waals surface area contributed by atoms with E-state index < -0.39 is 0 Å². The third kappa shape index (κ3) is 5.42. The maximum atomic E-state index is 12.2. The van der Waals surface area contributed by atoms with Crippen molar-refractivity contribution < 1.29 is 14.4 Å². The van der Waals surface area contributed by atoms with Crippen LogP contribution in [-0.4, -0.2) is 35.7 Å². The smallest absolute Gasteiger partial charge is 0.321 e. The lowest BCUT2D eigenvalue weighted by atomic mass is 10.0. The van der Waals surface area contributed by atoms with Crippen LogP contribution in [0.5, 0.6) is 0 Å². The van der Waals surface area contributed by atoms with Gasteiger partial charge in [0.1, 0.15) is 0 Å². The van der Waals surface area contributed by atoms with Gasteiger partial charge in [0.15, 0.2) is 5.78 Å². The molecular weight excluding hydrogens is 354 g/mol. The molecule has 1 saturated heterocycles. The molecule has 2 aromatic rings. The second-order valence-corrected chi connectivity index (χ2v) is 7.04. The Morgan fingerprint density at radius 1 is 0.893 bits per heavy atom. The third-order valence-corrected chi connectivity index (χ3v) is 4.74. The zero-order chi connectivity index (χ0) is 19.9. The summed E-state index contributed by atoms with van der Waals surface area (Å²) >= 11 is 0. The van der Waals surface area contributed by atoms with E-state index in [2.05, 4.69) is 10.6 Å². The molecule has 2 N–H and O–H groups in total. The lowest BCUT2D eigenvalue weighted by molar-refractivity contribution is -0.116. The number of ketones is 1. The summed E-state index contributed by atoms with van der Waals surface area (Å²) in [5, 5.41) is 5.64. The van der Waals surface area contributed by atoms with Gasteiger partial charge in [0.05, 0.1) is 0 Å². The number of carbonyl (C=O) groups excluding carboxylic acids is 3. The second-order valence-electron chi connectivity index (χ2n) is 7.04. The highest BCUT2D eigenvalue weighted by Crippen LogP contribution is 2.17. The van der Waals surface area contributed by atoms with Gasteiger partial charge in [-0.2, -0.15) is 0 Å². The van der Waals surface area contributed by atoms with Crippen molar-refractivity contribution in [2.45, 2.75) is 32.6 Å². The van der Waals surface area contributed by atoms with Crippen molar-refractivity contribution in [2.24, 2.45) is 0 Å². The first kappa shape index (κ1) is 19.6. The van der Waals surface area contributed by atoms with E-state index in [4.69, 9.17) is 0 Å². The van der Waals surface area contributed by atoms with Gasteiger partial charge in [-0.1, -0.05) is 35.9 Å². The fourth-order valence-corrected chi connectivity index (χ4v) is 3.13. The molecule has 1 fully saturated rings. The molecule has 0 bridgehead atoms. The third-order valence-electron chi connectivity index (χ3n) is 4.74. The average molecular weight is 379 g/mol. The van der Waals surface area contributed by atoms with Crippen LogP contribution >= 0.6 is 0 Å². The fourth-order valence-electron chi connectivity index (χ4n) is 3.13. The highest BCUT2D eigenvalue weighted by atomic mass is 16.2. The van der Waals surface area contributed by atoms with Crippen LogP contribution in [0, 0.1) is 6.92 Å². The number of benzene rings is 2. The normalized spacial score (nSPS) is 13.2. The molecule has 0 spiro atoms. The molecule has 1 aliphatic heterocycles. The Morgan fingerprint density at radius 3 is 2.21 bits per heavy atom. The van der Waals surface area contributed by atoms with Crippen molar-refractivity contribution in [1.82, 2.24) is 4.90 Å². The largest absolute Gasteiger partial charge is 0.326 e. The highest BCUT2D eigenvalue weighted by Gasteiger charge is 2.17. The Labute approximate surface area is 164 Å². The second kappa shape index (κ2) is 9.17. The van der Waals surface area contributed by atoms with Crippen LogP contribution in [0.1, 0.15) is 41.6 Å². The van der Waals surface area contributed by atoms with Crippen molar-refractivity contribution in [1.29, 1.82) is 0 Å². The minimum Gasteiger partial charge on any atom is -0.326 e. The van der Waals surface area contributed by atoms with E-state index in [1.807, 2.05) is 19.1 Å². The van der Waals surface area contributed by atoms with Crippen molar-refractivity contribution in [2.75, 3.05) is 23.7 Å². The van der Waals surface area contributed by atoms with Crippen LogP contribution in [0.2, 0.25) is 0 Å². The van der Waals surface area contributed by atoms with Crippen molar-refractivity contribution in [3.8, 4) is 0 Å². The first-order valence-corrected chi connectivity index (χ1v) is 9.57. The van der Waals surface area contributed by atoms with Crippen LogP contribution in [0.4, 0.5) is 16.2 Å². The summed E-state index contributed by atoms with van der Waals surface area (Å²) in [5.74, 6) is -0.287. The first-order chi connectivity index (χ1) is 13.5. The van der Waals surface area contributed by atoms with Gasteiger partial charge in [-0.05, 0) is 38.0 Å². The zero-order valence-corrected chi connectivity index (χ0v) is 16.0. The van der Waals surface area contributed by atoms with E-state index in [-0.39, 0.29) is 30.6 Å². The topological polar surface area (TPSA) is 78.5 Å². The lowest BCUT2D eigenvalue weighted by Gasteiger charge is -2.16. The van der Waals surface area contributed by atoms with Gasteiger partial charge < -0.3 is 15.5 Å². The molecule has 1 aliphatic rings. The molecule has 0 unspecified atom stereocenters. The molecule has 28 heavy (non-hydrogen) atoms. The van der Waals surface area contributed by atoms with E-state index in [9.17, 15) is 14.4 Å². The number of likely N-dealkylation sites (tertiary alicyclic amines) is 1. The number of amides is 3. The molecular formula is C22H25N3O3. The maximum absolute atomic E-state index is 12.2. The Hall–Kier alpha value is -3.15. The Morgan fingerprint density at radius 2 is 1.54 bits per heavy atom. The van der Waals surface area contributed by atoms with Crippen molar-refractivity contribution in [3.63, 3.8) is 0 Å². The Balaban J connectivity index is 1.50. The predicted molar refractivity (Wildman–Crippen MR) is 110 cm³/mol. The summed E-state index contributed by atoms with van der Waals surface area (Å²) in [6.45, 7) is 3.51. The molecule has 0 aliphatic carbocycles. The summed E-state index contributed by atoms with van der Waals surface area (Å²) in [5.41, 5.74) is 2.92. The molecule has 2 aromatic carbocycles. The summed E-state index contributed by atoms with van der Waals surface area (Å²) in [6, 6.07) is 14.2. The number of hydrogen-bond acceptors (Lipinski definition) is 3. The SMILES string of the molecule is Cc1ccc(C(=O)CCC(=O)Nc2cccc(NC(=O)N3CCCC3)c2)cc1. The molecule has 1 heterocycles. The van der Waals surface area contributed by atoms with Crippen molar-refractivity contribution in [3.05, 3.63) is 59.7 Å².